The molecule has 1 fully saturated rings. The lowest BCUT2D eigenvalue weighted by Crippen LogP contribution is -2.19. The first kappa shape index (κ1) is 17.9. The lowest BCUT2D eigenvalue weighted by Gasteiger charge is -2.11. The SMILES string of the molecule is CN(C)c1ccc(/C=C2\SC(=Nc3ccc(Cl)cc3Cl)NC2=O)cc1. The van der Waals surface area contributed by atoms with Crippen molar-refractivity contribution in [3.8, 4) is 0 Å². The van der Waals surface area contributed by atoms with Crippen LogP contribution in [0.1, 0.15) is 5.56 Å². The van der Waals surface area contributed by atoms with E-state index in [0.29, 0.717) is 25.8 Å². The van der Waals surface area contributed by atoms with Crippen molar-refractivity contribution in [2.45, 2.75) is 0 Å². The van der Waals surface area contributed by atoms with Gasteiger partial charge in [0.05, 0.1) is 15.6 Å². The molecular formula is C18H15Cl2N3OS. The standard InChI is InChI=1S/C18H15Cl2N3OS/c1-23(2)13-6-3-11(4-7-13)9-16-17(24)22-18(25-16)21-15-8-5-12(19)10-14(15)20/h3-10H,1-2H3,(H,21,22,24)/b16-9-. The summed E-state index contributed by atoms with van der Waals surface area (Å²) in [5, 5.41) is 4.22. The Labute approximate surface area is 160 Å². The Bertz CT molecular complexity index is 876. The average Bonchev–Trinajstić information content (AvgIpc) is 2.90. The number of halogens is 2. The summed E-state index contributed by atoms with van der Waals surface area (Å²) in [7, 11) is 3.97. The van der Waals surface area contributed by atoms with E-state index in [0.717, 1.165) is 11.3 Å². The highest BCUT2D eigenvalue weighted by Crippen LogP contribution is 2.32. The molecule has 1 N–H and O–H groups in total. The Hall–Kier alpha value is -1.95. The van der Waals surface area contributed by atoms with Crippen LogP contribution in [0.15, 0.2) is 52.4 Å². The van der Waals surface area contributed by atoms with Gasteiger partial charge in [0.2, 0.25) is 0 Å². The second-order valence-corrected chi connectivity index (χ2v) is 7.44. The number of amidine groups is 1. The molecule has 2 aromatic rings. The average molecular weight is 392 g/mol. The minimum Gasteiger partial charge on any atom is -0.378 e. The maximum Gasteiger partial charge on any atom is 0.264 e. The molecule has 128 valence electrons. The summed E-state index contributed by atoms with van der Waals surface area (Å²) in [4.78, 5) is 19.1. The number of nitrogens with one attached hydrogen (secondary N) is 1. The van der Waals surface area contributed by atoms with Crippen molar-refractivity contribution < 1.29 is 4.79 Å². The van der Waals surface area contributed by atoms with Crippen molar-refractivity contribution in [2.75, 3.05) is 19.0 Å². The highest BCUT2D eigenvalue weighted by Gasteiger charge is 2.24. The zero-order valence-corrected chi connectivity index (χ0v) is 15.9. The zero-order chi connectivity index (χ0) is 18.0. The first-order valence-electron chi connectivity index (χ1n) is 7.44. The van der Waals surface area contributed by atoms with E-state index < -0.39 is 0 Å². The Morgan fingerprint density at radius 3 is 2.48 bits per heavy atom. The summed E-state index contributed by atoms with van der Waals surface area (Å²) < 4.78 is 0. The summed E-state index contributed by atoms with van der Waals surface area (Å²) >= 11 is 13.3. The number of aliphatic imine (C=N–C) groups is 1. The number of rotatable bonds is 3. The molecular weight excluding hydrogens is 377 g/mol. The molecule has 1 saturated heterocycles. The number of amides is 1. The molecule has 4 nitrogen and oxygen atoms in total. The molecule has 0 spiro atoms. The Morgan fingerprint density at radius 2 is 1.84 bits per heavy atom. The number of hydrogen-bond donors (Lipinski definition) is 1. The number of thioether (sulfide) groups is 1. The van der Waals surface area contributed by atoms with Crippen molar-refractivity contribution in [3.05, 3.63) is 63.0 Å². The molecule has 0 saturated carbocycles. The maximum absolute atomic E-state index is 12.2. The fraction of sp³-hybridized carbons (Fsp3) is 0.111. The van der Waals surface area contributed by atoms with Crippen LogP contribution in [0, 0.1) is 0 Å². The van der Waals surface area contributed by atoms with Crippen molar-refractivity contribution in [2.24, 2.45) is 4.99 Å². The molecule has 0 atom stereocenters. The number of benzene rings is 2. The van der Waals surface area contributed by atoms with Gasteiger partial charge in [-0.2, -0.15) is 0 Å². The van der Waals surface area contributed by atoms with E-state index >= 15 is 0 Å². The summed E-state index contributed by atoms with van der Waals surface area (Å²) in [5.41, 5.74) is 2.62. The molecule has 0 unspecified atom stereocenters. The lowest BCUT2D eigenvalue weighted by molar-refractivity contribution is -0.115. The number of anilines is 1. The summed E-state index contributed by atoms with van der Waals surface area (Å²) in [6.45, 7) is 0. The fourth-order valence-electron chi connectivity index (χ4n) is 2.18. The van der Waals surface area contributed by atoms with Crippen LogP contribution in [-0.4, -0.2) is 25.2 Å². The van der Waals surface area contributed by atoms with Crippen LogP contribution < -0.4 is 10.2 Å². The van der Waals surface area contributed by atoms with Gasteiger partial charge >= 0.3 is 0 Å². The first-order valence-corrected chi connectivity index (χ1v) is 9.01. The summed E-state index contributed by atoms with van der Waals surface area (Å²) in [5.74, 6) is -0.175. The number of hydrogen-bond acceptors (Lipinski definition) is 4. The quantitative estimate of drug-likeness (QED) is 0.752. The molecule has 0 aliphatic carbocycles. The molecule has 1 amide bonds. The largest absolute Gasteiger partial charge is 0.378 e. The highest BCUT2D eigenvalue weighted by molar-refractivity contribution is 8.18. The predicted octanol–water partition coefficient (Wildman–Crippen LogP) is 4.95. The van der Waals surface area contributed by atoms with Crippen molar-refractivity contribution in [1.82, 2.24) is 5.32 Å². The maximum atomic E-state index is 12.2. The Balaban J connectivity index is 1.81. The highest BCUT2D eigenvalue weighted by atomic mass is 35.5. The van der Waals surface area contributed by atoms with E-state index in [1.807, 2.05) is 49.3 Å². The van der Waals surface area contributed by atoms with Crippen LogP contribution in [0.2, 0.25) is 10.0 Å². The summed E-state index contributed by atoms with van der Waals surface area (Å²) in [6.07, 6.45) is 1.84. The molecule has 0 bridgehead atoms. The number of nitrogens with zero attached hydrogens (tertiary/aromatic N) is 2. The van der Waals surface area contributed by atoms with Crippen molar-refractivity contribution in [1.29, 1.82) is 0 Å². The van der Waals surface area contributed by atoms with E-state index in [1.165, 1.54) is 11.8 Å². The third-order valence-electron chi connectivity index (χ3n) is 3.49. The third-order valence-corrected chi connectivity index (χ3v) is 4.94. The van der Waals surface area contributed by atoms with Crippen LogP contribution in [0.3, 0.4) is 0 Å². The van der Waals surface area contributed by atoms with Crippen LogP contribution in [0.4, 0.5) is 11.4 Å². The molecule has 1 aliphatic heterocycles. The van der Waals surface area contributed by atoms with Gasteiger partial charge in [-0.15, -0.1) is 0 Å². The van der Waals surface area contributed by atoms with Gasteiger partial charge in [-0.3, -0.25) is 4.79 Å². The van der Waals surface area contributed by atoms with Crippen molar-refractivity contribution in [3.63, 3.8) is 0 Å². The topological polar surface area (TPSA) is 44.7 Å². The van der Waals surface area contributed by atoms with Crippen LogP contribution in [0.5, 0.6) is 0 Å². The Kier molecular flexibility index (Phi) is 5.37. The van der Waals surface area contributed by atoms with Gasteiger partial charge in [0.15, 0.2) is 5.17 Å². The first-order chi connectivity index (χ1) is 11.9. The molecule has 2 aromatic carbocycles. The van der Waals surface area contributed by atoms with Gasteiger partial charge in [-0.1, -0.05) is 35.3 Å². The fourth-order valence-corrected chi connectivity index (χ4v) is 3.47. The van der Waals surface area contributed by atoms with Gasteiger partial charge in [-0.05, 0) is 53.7 Å². The van der Waals surface area contributed by atoms with E-state index in [1.54, 1.807) is 18.2 Å². The number of carbonyl (C=O) groups is 1. The molecule has 25 heavy (non-hydrogen) atoms. The van der Waals surface area contributed by atoms with Gasteiger partial charge in [-0.25, -0.2) is 4.99 Å². The molecule has 0 aromatic heterocycles. The molecule has 7 heteroatoms. The molecule has 1 heterocycles. The van der Waals surface area contributed by atoms with Gasteiger partial charge < -0.3 is 10.2 Å². The monoisotopic (exact) mass is 391 g/mol. The minimum atomic E-state index is -0.175. The molecule has 3 rings (SSSR count). The lowest BCUT2D eigenvalue weighted by atomic mass is 10.2. The minimum absolute atomic E-state index is 0.175. The molecule has 1 aliphatic rings. The second kappa shape index (κ2) is 7.52. The van der Waals surface area contributed by atoms with Crippen LogP contribution >= 0.6 is 35.0 Å². The Morgan fingerprint density at radius 1 is 1.12 bits per heavy atom. The third kappa shape index (κ3) is 4.37. The van der Waals surface area contributed by atoms with Crippen molar-refractivity contribution >= 4 is 63.5 Å². The molecule has 0 radical (unpaired) electrons. The normalized spacial score (nSPS) is 17.2. The van der Waals surface area contributed by atoms with E-state index in [4.69, 9.17) is 23.2 Å². The zero-order valence-electron chi connectivity index (χ0n) is 13.6. The summed E-state index contributed by atoms with van der Waals surface area (Å²) in [6, 6.07) is 13.0. The van der Waals surface area contributed by atoms with Gasteiger partial charge in [0, 0.05) is 24.8 Å². The van der Waals surface area contributed by atoms with Gasteiger partial charge in [0.1, 0.15) is 0 Å². The smallest absolute Gasteiger partial charge is 0.264 e. The van der Waals surface area contributed by atoms with E-state index in [2.05, 4.69) is 10.3 Å². The number of carbonyl (C=O) groups excluding carboxylic acids is 1. The van der Waals surface area contributed by atoms with Gasteiger partial charge in [0.25, 0.3) is 5.91 Å². The predicted molar refractivity (Wildman–Crippen MR) is 108 cm³/mol. The van der Waals surface area contributed by atoms with Crippen LogP contribution in [-0.2, 0) is 4.79 Å². The van der Waals surface area contributed by atoms with E-state index in [9.17, 15) is 4.79 Å². The van der Waals surface area contributed by atoms with Crippen LogP contribution in [0.25, 0.3) is 6.08 Å². The van der Waals surface area contributed by atoms with E-state index in [-0.39, 0.29) is 5.91 Å². The second-order valence-electron chi connectivity index (χ2n) is 5.56.